The summed E-state index contributed by atoms with van der Waals surface area (Å²) in [6.07, 6.45) is 0. The van der Waals surface area contributed by atoms with E-state index in [0.29, 0.717) is 11.3 Å². The zero-order valence-electron chi connectivity index (χ0n) is 10.9. The van der Waals surface area contributed by atoms with Crippen molar-refractivity contribution in [2.24, 2.45) is 0 Å². The molecular formula is C16H11BrFNO2. The molecule has 0 unspecified atom stereocenters. The summed E-state index contributed by atoms with van der Waals surface area (Å²) in [5.74, 6) is -0.153. The van der Waals surface area contributed by atoms with Gasteiger partial charge in [0.1, 0.15) is 11.5 Å². The Kier molecular flexibility index (Phi) is 3.86. The number of rotatable bonds is 3. The first kappa shape index (κ1) is 14.0. The molecule has 5 heteroatoms. The summed E-state index contributed by atoms with van der Waals surface area (Å²) in [5, 5.41) is 13.6. The standard InChI is InChI=1S/C16H11BrFNO2/c17-11-7-5-10(6-8-11)15-13(9-20)16(21-19-15)12-3-1-2-4-14(12)18/h1-8,20H,9H2. The summed E-state index contributed by atoms with van der Waals surface area (Å²) >= 11 is 3.36. The molecule has 0 aliphatic carbocycles. The summed E-state index contributed by atoms with van der Waals surface area (Å²) in [5.41, 5.74) is 2.08. The molecule has 0 spiro atoms. The Morgan fingerprint density at radius 2 is 1.81 bits per heavy atom. The van der Waals surface area contributed by atoms with Crippen molar-refractivity contribution in [3.05, 3.63) is 64.4 Å². The number of aromatic nitrogens is 1. The first-order valence-corrected chi connectivity index (χ1v) is 7.10. The van der Waals surface area contributed by atoms with E-state index in [4.69, 9.17) is 4.52 Å². The largest absolute Gasteiger partial charge is 0.391 e. The van der Waals surface area contributed by atoms with Crippen molar-refractivity contribution < 1.29 is 14.0 Å². The molecular weight excluding hydrogens is 337 g/mol. The third-order valence-corrected chi connectivity index (χ3v) is 3.71. The maximum Gasteiger partial charge on any atom is 0.175 e. The lowest BCUT2D eigenvalue weighted by Crippen LogP contribution is -1.90. The molecule has 0 aliphatic rings. The number of aliphatic hydroxyl groups excluding tert-OH is 1. The lowest BCUT2D eigenvalue weighted by atomic mass is 10.0. The van der Waals surface area contributed by atoms with Crippen LogP contribution >= 0.6 is 15.9 Å². The zero-order valence-corrected chi connectivity index (χ0v) is 12.5. The lowest BCUT2D eigenvalue weighted by Gasteiger charge is -2.02. The van der Waals surface area contributed by atoms with E-state index in [0.717, 1.165) is 10.0 Å². The van der Waals surface area contributed by atoms with Crippen molar-refractivity contribution in [1.82, 2.24) is 5.16 Å². The van der Waals surface area contributed by atoms with Gasteiger partial charge in [0.25, 0.3) is 0 Å². The fraction of sp³-hybridized carbons (Fsp3) is 0.0625. The number of nitrogens with zero attached hydrogens (tertiary/aromatic N) is 1. The van der Waals surface area contributed by atoms with Crippen LogP contribution < -0.4 is 0 Å². The van der Waals surface area contributed by atoms with Crippen LogP contribution in [0.1, 0.15) is 5.56 Å². The van der Waals surface area contributed by atoms with Gasteiger partial charge in [0.05, 0.1) is 17.7 Å². The number of benzene rings is 2. The van der Waals surface area contributed by atoms with E-state index in [-0.39, 0.29) is 17.9 Å². The molecule has 0 radical (unpaired) electrons. The maximum absolute atomic E-state index is 13.9. The molecule has 3 aromatic rings. The maximum atomic E-state index is 13.9. The molecule has 1 heterocycles. The average Bonchev–Trinajstić information content (AvgIpc) is 2.92. The Morgan fingerprint density at radius 3 is 2.48 bits per heavy atom. The van der Waals surface area contributed by atoms with Crippen molar-refractivity contribution >= 4 is 15.9 Å². The second kappa shape index (κ2) is 5.79. The quantitative estimate of drug-likeness (QED) is 0.763. The summed E-state index contributed by atoms with van der Waals surface area (Å²) in [7, 11) is 0. The molecule has 1 N–H and O–H groups in total. The lowest BCUT2D eigenvalue weighted by molar-refractivity contribution is 0.281. The minimum Gasteiger partial charge on any atom is -0.391 e. The molecule has 3 rings (SSSR count). The molecule has 21 heavy (non-hydrogen) atoms. The van der Waals surface area contributed by atoms with Crippen molar-refractivity contribution in [2.75, 3.05) is 0 Å². The first-order chi connectivity index (χ1) is 10.2. The highest BCUT2D eigenvalue weighted by molar-refractivity contribution is 9.10. The highest BCUT2D eigenvalue weighted by Crippen LogP contribution is 2.33. The molecule has 0 aliphatic heterocycles. The topological polar surface area (TPSA) is 46.3 Å². The summed E-state index contributed by atoms with van der Waals surface area (Å²) in [6.45, 7) is -0.279. The zero-order chi connectivity index (χ0) is 14.8. The van der Waals surface area contributed by atoms with Gasteiger partial charge in [0.15, 0.2) is 5.76 Å². The van der Waals surface area contributed by atoms with Gasteiger partial charge in [-0.05, 0) is 24.3 Å². The third-order valence-electron chi connectivity index (χ3n) is 3.18. The SMILES string of the molecule is OCc1c(-c2ccc(Br)cc2)noc1-c1ccccc1F. The van der Waals surface area contributed by atoms with Crippen molar-refractivity contribution in [3.63, 3.8) is 0 Å². The van der Waals surface area contributed by atoms with Gasteiger partial charge in [-0.25, -0.2) is 4.39 Å². The van der Waals surface area contributed by atoms with Gasteiger partial charge in [-0.2, -0.15) is 0 Å². The highest BCUT2D eigenvalue weighted by Gasteiger charge is 2.20. The summed E-state index contributed by atoms with van der Waals surface area (Å²) in [4.78, 5) is 0. The van der Waals surface area contributed by atoms with Crippen LogP contribution in [0.2, 0.25) is 0 Å². The van der Waals surface area contributed by atoms with E-state index < -0.39 is 5.82 Å². The second-order valence-corrected chi connectivity index (χ2v) is 5.40. The van der Waals surface area contributed by atoms with Crippen LogP contribution in [0, 0.1) is 5.82 Å². The van der Waals surface area contributed by atoms with Gasteiger partial charge < -0.3 is 9.63 Å². The Morgan fingerprint density at radius 1 is 1.10 bits per heavy atom. The third kappa shape index (κ3) is 2.62. The van der Waals surface area contributed by atoms with Crippen LogP contribution in [0.5, 0.6) is 0 Å². The monoisotopic (exact) mass is 347 g/mol. The molecule has 1 aromatic heterocycles. The normalized spacial score (nSPS) is 10.8. The number of hydrogen-bond donors (Lipinski definition) is 1. The highest BCUT2D eigenvalue weighted by atomic mass is 79.9. The van der Waals surface area contributed by atoms with Crippen LogP contribution in [0.3, 0.4) is 0 Å². The summed E-state index contributed by atoms with van der Waals surface area (Å²) in [6, 6.07) is 13.7. The van der Waals surface area contributed by atoms with Crippen molar-refractivity contribution in [3.8, 4) is 22.6 Å². The van der Waals surface area contributed by atoms with E-state index in [1.54, 1.807) is 18.2 Å². The molecule has 0 saturated carbocycles. The van der Waals surface area contributed by atoms with E-state index in [2.05, 4.69) is 21.1 Å². The van der Waals surface area contributed by atoms with Gasteiger partial charge in [-0.15, -0.1) is 0 Å². The molecule has 0 amide bonds. The number of hydrogen-bond acceptors (Lipinski definition) is 3. The molecule has 0 fully saturated rings. The van der Waals surface area contributed by atoms with Gasteiger partial charge in [0.2, 0.25) is 0 Å². The molecule has 106 valence electrons. The predicted octanol–water partition coefficient (Wildman–Crippen LogP) is 4.40. The summed E-state index contributed by atoms with van der Waals surface area (Å²) < 4.78 is 20.1. The number of halogens is 2. The van der Waals surface area contributed by atoms with E-state index >= 15 is 0 Å². The van der Waals surface area contributed by atoms with Crippen LogP contribution in [0.15, 0.2) is 57.5 Å². The second-order valence-electron chi connectivity index (χ2n) is 4.48. The van der Waals surface area contributed by atoms with Crippen LogP contribution in [0.25, 0.3) is 22.6 Å². The first-order valence-electron chi connectivity index (χ1n) is 6.31. The molecule has 0 saturated heterocycles. The smallest absolute Gasteiger partial charge is 0.175 e. The van der Waals surface area contributed by atoms with Gasteiger partial charge >= 0.3 is 0 Å². The Balaban J connectivity index is 2.13. The van der Waals surface area contributed by atoms with Crippen LogP contribution in [-0.2, 0) is 6.61 Å². The Bertz CT molecular complexity index is 768. The average molecular weight is 348 g/mol. The molecule has 2 aromatic carbocycles. The van der Waals surface area contributed by atoms with Crippen molar-refractivity contribution in [2.45, 2.75) is 6.61 Å². The van der Waals surface area contributed by atoms with Gasteiger partial charge in [0, 0.05) is 10.0 Å². The molecule has 0 bridgehead atoms. The van der Waals surface area contributed by atoms with Crippen LogP contribution in [-0.4, -0.2) is 10.3 Å². The van der Waals surface area contributed by atoms with Gasteiger partial charge in [-0.1, -0.05) is 45.4 Å². The minimum atomic E-state index is -0.411. The fourth-order valence-electron chi connectivity index (χ4n) is 2.15. The Labute approximate surface area is 129 Å². The predicted molar refractivity (Wildman–Crippen MR) is 81.0 cm³/mol. The molecule has 0 atom stereocenters. The van der Waals surface area contributed by atoms with E-state index in [9.17, 15) is 9.50 Å². The fourth-order valence-corrected chi connectivity index (χ4v) is 2.41. The van der Waals surface area contributed by atoms with Gasteiger partial charge in [-0.3, -0.25) is 0 Å². The van der Waals surface area contributed by atoms with Crippen LogP contribution in [0.4, 0.5) is 4.39 Å². The minimum absolute atomic E-state index is 0.258. The number of aliphatic hydroxyl groups is 1. The van der Waals surface area contributed by atoms with Crippen molar-refractivity contribution in [1.29, 1.82) is 0 Å². The Hall–Kier alpha value is -1.98. The van der Waals surface area contributed by atoms with E-state index in [1.165, 1.54) is 6.07 Å². The van der Waals surface area contributed by atoms with E-state index in [1.807, 2.05) is 24.3 Å². The molecule has 3 nitrogen and oxygen atoms in total.